The summed E-state index contributed by atoms with van der Waals surface area (Å²) in [6.07, 6.45) is 3.14. The highest BCUT2D eigenvalue weighted by Gasteiger charge is 2.33. The Labute approximate surface area is 215 Å². The number of aryl methyl sites for hydroxylation is 2. The summed E-state index contributed by atoms with van der Waals surface area (Å²) >= 11 is 6.17. The second kappa shape index (κ2) is 10.7. The molecule has 0 radical (unpaired) electrons. The first-order valence-corrected chi connectivity index (χ1v) is 11.9. The minimum absolute atomic E-state index is 0.170. The molecule has 0 saturated carbocycles. The SMILES string of the molecule is Cc1nc2c(c(C)c(C)n2C/C(=C/C=C\N)NF)c(-c2ccc(Cl)cc2)c1[C@H](OC(C)(C)C)C(=O)O. The van der Waals surface area contributed by atoms with Gasteiger partial charge >= 0.3 is 5.97 Å². The van der Waals surface area contributed by atoms with Crippen LogP contribution in [0.25, 0.3) is 22.2 Å². The van der Waals surface area contributed by atoms with E-state index < -0.39 is 17.7 Å². The number of nitrogens with zero attached hydrogens (tertiary/aromatic N) is 2. The zero-order chi connectivity index (χ0) is 26.8. The van der Waals surface area contributed by atoms with Crippen molar-refractivity contribution in [1.82, 2.24) is 15.1 Å². The van der Waals surface area contributed by atoms with E-state index in [0.717, 1.165) is 22.2 Å². The molecule has 3 aromatic rings. The van der Waals surface area contributed by atoms with Gasteiger partial charge in [0.2, 0.25) is 0 Å². The molecule has 0 aliphatic rings. The highest BCUT2D eigenvalue weighted by molar-refractivity contribution is 6.30. The van der Waals surface area contributed by atoms with E-state index in [0.29, 0.717) is 27.5 Å². The Morgan fingerprint density at radius 2 is 1.92 bits per heavy atom. The number of benzene rings is 1. The third kappa shape index (κ3) is 5.55. The van der Waals surface area contributed by atoms with Crippen molar-refractivity contribution in [3.8, 4) is 11.1 Å². The Hall–Kier alpha value is -3.36. The third-order valence-electron chi connectivity index (χ3n) is 5.93. The number of carboxylic acids is 1. The van der Waals surface area contributed by atoms with Gasteiger partial charge in [-0.2, -0.15) is 0 Å². The molecule has 2 heterocycles. The molecule has 0 fully saturated rings. The van der Waals surface area contributed by atoms with Crippen LogP contribution >= 0.6 is 11.6 Å². The van der Waals surface area contributed by atoms with Crippen LogP contribution in [0.5, 0.6) is 0 Å². The second-order valence-electron chi connectivity index (χ2n) is 9.61. The first kappa shape index (κ1) is 27.2. The minimum Gasteiger partial charge on any atom is -0.479 e. The van der Waals surface area contributed by atoms with Crippen LogP contribution < -0.4 is 11.3 Å². The van der Waals surface area contributed by atoms with Crippen molar-refractivity contribution in [2.45, 2.75) is 59.8 Å². The van der Waals surface area contributed by atoms with Crippen LogP contribution in [-0.2, 0) is 16.1 Å². The molecule has 0 amide bonds. The van der Waals surface area contributed by atoms with Gasteiger partial charge in [0, 0.05) is 32.9 Å². The smallest absolute Gasteiger partial charge is 0.337 e. The molecule has 192 valence electrons. The lowest BCUT2D eigenvalue weighted by Gasteiger charge is -2.28. The predicted molar refractivity (Wildman–Crippen MR) is 141 cm³/mol. The average molecular weight is 515 g/mol. The van der Waals surface area contributed by atoms with Gasteiger partial charge < -0.3 is 20.1 Å². The van der Waals surface area contributed by atoms with Crippen molar-refractivity contribution in [2.24, 2.45) is 5.73 Å². The van der Waals surface area contributed by atoms with Crippen LogP contribution in [0.15, 0.2) is 48.3 Å². The number of aromatic nitrogens is 2. The summed E-state index contributed by atoms with van der Waals surface area (Å²) < 4.78 is 21.5. The van der Waals surface area contributed by atoms with Crippen LogP contribution in [0.2, 0.25) is 5.02 Å². The van der Waals surface area contributed by atoms with Crippen molar-refractivity contribution < 1.29 is 19.1 Å². The van der Waals surface area contributed by atoms with Crippen LogP contribution in [0.1, 0.15) is 49.4 Å². The summed E-state index contributed by atoms with van der Waals surface area (Å²) in [5.74, 6) is -1.11. The fraction of sp³-hybridized carbons (Fsp3) is 0.333. The fourth-order valence-corrected chi connectivity index (χ4v) is 4.39. The van der Waals surface area contributed by atoms with Gasteiger partial charge in [-0.3, -0.25) is 0 Å². The molecule has 36 heavy (non-hydrogen) atoms. The number of carboxylic acid groups (broad SMARTS) is 1. The highest BCUT2D eigenvalue weighted by atomic mass is 35.5. The van der Waals surface area contributed by atoms with Gasteiger partial charge in [0.15, 0.2) is 6.10 Å². The molecule has 7 nitrogen and oxygen atoms in total. The van der Waals surface area contributed by atoms with E-state index in [1.165, 1.54) is 12.3 Å². The zero-order valence-corrected chi connectivity index (χ0v) is 22.1. The van der Waals surface area contributed by atoms with Crippen molar-refractivity contribution >= 4 is 28.6 Å². The van der Waals surface area contributed by atoms with Gasteiger partial charge in [-0.05, 0) is 83.2 Å². The first-order chi connectivity index (χ1) is 16.9. The molecule has 1 atom stereocenters. The Kier molecular flexibility index (Phi) is 8.11. The number of allylic oxidation sites excluding steroid dienone is 3. The maximum absolute atomic E-state index is 13.6. The maximum Gasteiger partial charge on any atom is 0.337 e. The van der Waals surface area contributed by atoms with Crippen molar-refractivity contribution in [3.63, 3.8) is 0 Å². The average Bonchev–Trinajstić information content (AvgIpc) is 3.03. The summed E-state index contributed by atoms with van der Waals surface area (Å²) in [7, 11) is 0. The molecule has 0 unspecified atom stereocenters. The molecule has 0 aliphatic carbocycles. The largest absolute Gasteiger partial charge is 0.479 e. The molecular formula is C27H32ClFN4O3. The molecular weight excluding hydrogens is 483 g/mol. The van der Waals surface area contributed by atoms with Crippen LogP contribution in [-0.4, -0.2) is 26.2 Å². The molecule has 0 bridgehead atoms. The molecule has 0 aliphatic heterocycles. The summed E-state index contributed by atoms with van der Waals surface area (Å²) in [5.41, 5.74) is 11.5. The van der Waals surface area contributed by atoms with E-state index in [1.54, 1.807) is 30.7 Å². The first-order valence-electron chi connectivity index (χ1n) is 11.5. The Balaban J connectivity index is 2.44. The van der Waals surface area contributed by atoms with E-state index in [2.05, 4.69) is 0 Å². The number of aliphatic carboxylic acids is 1. The fourth-order valence-electron chi connectivity index (χ4n) is 4.27. The molecule has 4 N–H and O–H groups in total. The Morgan fingerprint density at radius 1 is 1.28 bits per heavy atom. The quantitative estimate of drug-likeness (QED) is 0.250. The van der Waals surface area contributed by atoms with E-state index in [-0.39, 0.29) is 12.2 Å². The lowest BCUT2D eigenvalue weighted by Crippen LogP contribution is -2.28. The summed E-state index contributed by atoms with van der Waals surface area (Å²) in [6.45, 7) is 11.2. The van der Waals surface area contributed by atoms with Crippen LogP contribution in [0.3, 0.4) is 0 Å². The zero-order valence-electron chi connectivity index (χ0n) is 21.3. The standard InChI is InChI=1S/C27H32ClFN4O3/c1-15-17(3)33(14-20(32-29)8-7-13-30)25-21(15)23(18-9-11-19(28)12-10-18)22(16(2)31-25)24(26(34)35)36-27(4,5)6/h7-13,24,32H,14,30H2,1-6H3,(H,34,35)/b13-7-,20-8-/t24-/m0/s1. The van der Waals surface area contributed by atoms with Gasteiger partial charge in [0.05, 0.1) is 17.8 Å². The number of hydrogen-bond donors (Lipinski definition) is 3. The second-order valence-corrected chi connectivity index (χ2v) is 10.0. The Bertz CT molecular complexity index is 1340. The number of nitrogens with two attached hydrogens (primary N) is 1. The van der Waals surface area contributed by atoms with Crippen LogP contribution in [0.4, 0.5) is 4.48 Å². The normalized spacial score (nSPS) is 13.5. The summed E-state index contributed by atoms with van der Waals surface area (Å²) in [4.78, 5) is 17.3. The molecule has 0 spiro atoms. The van der Waals surface area contributed by atoms with E-state index in [4.69, 9.17) is 27.1 Å². The van der Waals surface area contributed by atoms with Gasteiger partial charge in [-0.1, -0.05) is 23.7 Å². The van der Waals surface area contributed by atoms with E-state index in [1.807, 2.05) is 51.3 Å². The molecule has 9 heteroatoms. The molecule has 3 rings (SSSR count). The monoisotopic (exact) mass is 514 g/mol. The lowest BCUT2D eigenvalue weighted by atomic mass is 9.91. The molecule has 0 saturated heterocycles. The number of halogens is 2. The van der Waals surface area contributed by atoms with Gasteiger partial charge in [0.1, 0.15) is 5.65 Å². The number of hydrogen-bond acceptors (Lipinski definition) is 5. The number of rotatable bonds is 8. The van der Waals surface area contributed by atoms with Crippen molar-refractivity contribution in [2.75, 3.05) is 0 Å². The summed E-state index contributed by atoms with van der Waals surface area (Å²) in [5, 5.41) is 11.5. The highest BCUT2D eigenvalue weighted by Crippen LogP contribution is 2.42. The number of fused-ring (bicyclic) bond motifs is 1. The van der Waals surface area contributed by atoms with E-state index in [9.17, 15) is 14.4 Å². The van der Waals surface area contributed by atoms with Gasteiger partial charge in [-0.15, -0.1) is 4.48 Å². The number of pyridine rings is 1. The minimum atomic E-state index is -1.26. The number of carbonyl (C=O) groups is 1. The number of ether oxygens (including phenoxy) is 1. The summed E-state index contributed by atoms with van der Waals surface area (Å²) in [6, 6.07) is 7.22. The number of nitrogens with one attached hydrogen (secondary N) is 1. The molecule has 1 aromatic carbocycles. The van der Waals surface area contributed by atoms with Crippen molar-refractivity contribution in [3.05, 3.63) is 75.9 Å². The molecule has 2 aromatic heterocycles. The topological polar surface area (TPSA) is 102 Å². The van der Waals surface area contributed by atoms with Crippen molar-refractivity contribution in [1.29, 1.82) is 0 Å². The predicted octanol–water partition coefficient (Wildman–Crippen LogP) is 6.05. The Morgan fingerprint density at radius 3 is 2.44 bits per heavy atom. The van der Waals surface area contributed by atoms with Gasteiger partial charge in [0.25, 0.3) is 0 Å². The maximum atomic E-state index is 13.6. The lowest BCUT2D eigenvalue weighted by molar-refractivity contribution is -0.160. The third-order valence-corrected chi connectivity index (χ3v) is 6.19. The van der Waals surface area contributed by atoms with E-state index >= 15 is 0 Å². The van der Waals surface area contributed by atoms with Gasteiger partial charge in [-0.25, -0.2) is 15.3 Å². The van der Waals surface area contributed by atoms with Crippen LogP contribution in [0, 0.1) is 20.8 Å².